The monoisotopic (exact) mass is 473 g/mol. The maximum absolute atomic E-state index is 12.7. The van der Waals surface area contributed by atoms with Crippen LogP contribution >= 0.6 is 0 Å². The summed E-state index contributed by atoms with van der Waals surface area (Å²) in [5, 5.41) is 6.76. The second-order valence-electron chi connectivity index (χ2n) is 9.02. The Morgan fingerprint density at radius 3 is 2.17 bits per heavy atom. The number of piperidine rings is 1. The number of rotatable bonds is 9. The van der Waals surface area contributed by atoms with Gasteiger partial charge in [0.2, 0.25) is 0 Å². The first-order valence-corrected chi connectivity index (χ1v) is 12.2. The third-order valence-electron chi connectivity index (χ3n) is 6.64. The molecule has 1 unspecified atom stereocenters. The van der Waals surface area contributed by atoms with Crippen LogP contribution in [0.15, 0.2) is 72.8 Å². The van der Waals surface area contributed by atoms with E-state index in [-0.39, 0.29) is 11.9 Å². The van der Waals surface area contributed by atoms with Crippen LogP contribution in [0.2, 0.25) is 0 Å². The zero-order valence-corrected chi connectivity index (χ0v) is 20.8. The Morgan fingerprint density at radius 1 is 0.943 bits per heavy atom. The number of carbonyl (C=O) groups is 1. The Hall–Kier alpha value is -3.51. The average molecular weight is 474 g/mol. The van der Waals surface area contributed by atoms with Gasteiger partial charge in [-0.25, -0.2) is 0 Å². The van der Waals surface area contributed by atoms with Crippen molar-refractivity contribution in [2.75, 3.05) is 32.2 Å². The van der Waals surface area contributed by atoms with Gasteiger partial charge in [0, 0.05) is 43.0 Å². The fraction of sp³-hybridized carbons (Fsp3) is 0.345. The molecule has 4 rings (SSSR count). The number of anilines is 1. The lowest BCUT2D eigenvalue weighted by molar-refractivity contribution is 0.0940. The number of hydrogen-bond acceptors (Lipinski definition) is 5. The van der Waals surface area contributed by atoms with Gasteiger partial charge in [0.1, 0.15) is 11.5 Å². The van der Waals surface area contributed by atoms with Crippen LogP contribution in [0.4, 0.5) is 5.69 Å². The van der Waals surface area contributed by atoms with Crippen LogP contribution in [0, 0.1) is 0 Å². The molecule has 184 valence electrons. The van der Waals surface area contributed by atoms with Crippen LogP contribution in [-0.2, 0) is 6.54 Å². The predicted octanol–water partition coefficient (Wildman–Crippen LogP) is 4.95. The molecule has 6 nitrogen and oxygen atoms in total. The van der Waals surface area contributed by atoms with Gasteiger partial charge in [-0.15, -0.1) is 0 Å². The van der Waals surface area contributed by atoms with Gasteiger partial charge in [-0.2, -0.15) is 0 Å². The van der Waals surface area contributed by atoms with E-state index in [1.165, 1.54) is 0 Å². The average Bonchev–Trinajstić information content (AvgIpc) is 2.92. The van der Waals surface area contributed by atoms with Crippen molar-refractivity contribution in [3.05, 3.63) is 89.5 Å². The first kappa shape index (κ1) is 24.6. The lowest BCUT2D eigenvalue weighted by Gasteiger charge is -2.34. The van der Waals surface area contributed by atoms with Crippen LogP contribution in [0.1, 0.15) is 47.3 Å². The second kappa shape index (κ2) is 11.8. The summed E-state index contributed by atoms with van der Waals surface area (Å²) >= 11 is 0. The molecule has 0 aromatic heterocycles. The van der Waals surface area contributed by atoms with E-state index in [0.717, 1.165) is 60.8 Å². The molecule has 0 saturated carbocycles. The third kappa shape index (κ3) is 6.55. The minimum absolute atomic E-state index is 0.0343. The first-order valence-electron chi connectivity index (χ1n) is 12.2. The Balaban J connectivity index is 1.26. The number of amides is 1. The number of benzene rings is 3. The van der Waals surface area contributed by atoms with Gasteiger partial charge in [0.15, 0.2) is 0 Å². The summed E-state index contributed by atoms with van der Waals surface area (Å²) in [5.41, 5.74) is 4.09. The van der Waals surface area contributed by atoms with Gasteiger partial charge < -0.3 is 25.0 Å². The molecular formula is C29H35N3O3. The zero-order chi connectivity index (χ0) is 24.6. The minimum Gasteiger partial charge on any atom is -0.497 e. The maximum Gasteiger partial charge on any atom is 0.251 e. The maximum atomic E-state index is 12.7. The predicted molar refractivity (Wildman–Crippen MR) is 140 cm³/mol. The number of carbonyl (C=O) groups excluding carboxylic acids is 1. The van der Waals surface area contributed by atoms with Crippen LogP contribution in [0.25, 0.3) is 0 Å². The quantitative estimate of drug-likeness (QED) is 0.460. The van der Waals surface area contributed by atoms with Gasteiger partial charge in [-0.3, -0.25) is 4.79 Å². The molecule has 1 saturated heterocycles. The molecule has 1 aliphatic heterocycles. The van der Waals surface area contributed by atoms with Crippen LogP contribution < -0.4 is 25.0 Å². The molecule has 35 heavy (non-hydrogen) atoms. The van der Waals surface area contributed by atoms with E-state index >= 15 is 0 Å². The van der Waals surface area contributed by atoms with Gasteiger partial charge in [0.25, 0.3) is 5.91 Å². The summed E-state index contributed by atoms with van der Waals surface area (Å²) in [7, 11) is 3.35. The van der Waals surface area contributed by atoms with E-state index in [1.54, 1.807) is 14.2 Å². The molecule has 1 atom stereocenters. The van der Waals surface area contributed by atoms with Crippen LogP contribution in [0.3, 0.4) is 0 Å². The van der Waals surface area contributed by atoms with Crippen molar-refractivity contribution in [2.24, 2.45) is 0 Å². The summed E-state index contributed by atoms with van der Waals surface area (Å²) in [4.78, 5) is 15.1. The smallest absolute Gasteiger partial charge is 0.251 e. The zero-order valence-electron chi connectivity index (χ0n) is 20.8. The Kier molecular flexibility index (Phi) is 8.27. The largest absolute Gasteiger partial charge is 0.497 e. The molecule has 1 heterocycles. The summed E-state index contributed by atoms with van der Waals surface area (Å²) < 4.78 is 10.7. The van der Waals surface area contributed by atoms with Crippen molar-refractivity contribution >= 4 is 11.6 Å². The highest BCUT2D eigenvalue weighted by molar-refractivity contribution is 5.94. The molecule has 3 aromatic rings. The highest BCUT2D eigenvalue weighted by atomic mass is 16.5. The van der Waals surface area contributed by atoms with Gasteiger partial charge in [-0.05, 0) is 67.3 Å². The van der Waals surface area contributed by atoms with Crippen molar-refractivity contribution in [1.29, 1.82) is 0 Å². The highest BCUT2D eigenvalue weighted by Gasteiger charge is 2.20. The topological polar surface area (TPSA) is 62.8 Å². The SMILES string of the molecule is COc1cc(CNC2CCN(c3ccc(C(=O)NC(C)c4ccccc4)cc3)CC2)cc(OC)c1. The van der Waals surface area contributed by atoms with Crippen molar-refractivity contribution in [3.63, 3.8) is 0 Å². The second-order valence-corrected chi connectivity index (χ2v) is 9.02. The van der Waals surface area contributed by atoms with E-state index < -0.39 is 0 Å². The van der Waals surface area contributed by atoms with Crippen molar-refractivity contribution < 1.29 is 14.3 Å². The number of ether oxygens (including phenoxy) is 2. The fourth-order valence-electron chi connectivity index (χ4n) is 4.50. The molecular weight excluding hydrogens is 438 g/mol. The summed E-state index contributed by atoms with van der Waals surface area (Å²) in [5.74, 6) is 1.57. The highest BCUT2D eigenvalue weighted by Crippen LogP contribution is 2.24. The third-order valence-corrected chi connectivity index (χ3v) is 6.64. The molecule has 0 aliphatic carbocycles. The number of nitrogens with zero attached hydrogens (tertiary/aromatic N) is 1. The van der Waals surface area contributed by atoms with Crippen molar-refractivity contribution in [2.45, 2.75) is 38.4 Å². The van der Waals surface area contributed by atoms with Crippen LogP contribution in [0.5, 0.6) is 11.5 Å². The molecule has 0 radical (unpaired) electrons. The summed E-state index contributed by atoms with van der Waals surface area (Å²) in [6, 6.07) is 24.4. The molecule has 0 bridgehead atoms. The van der Waals surface area contributed by atoms with Crippen molar-refractivity contribution in [1.82, 2.24) is 10.6 Å². The van der Waals surface area contributed by atoms with E-state index in [2.05, 4.69) is 27.7 Å². The Bertz CT molecular complexity index is 1070. The Labute approximate surface area is 208 Å². The number of hydrogen-bond donors (Lipinski definition) is 2. The van der Waals surface area contributed by atoms with E-state index in [9.17, 15) is 4.79 Å². The van der Waals surface area contributed by atoms with E-state index in [1.807, 2.05) is 67.6 Å². The first-order chi connectivity index (χ1) is 17.1. The lowest BCUT2D eigenvalue weighted by Crippen LogP contribution is -2.42. The fourth-order valence-corrected chi connectivity index (χ4v) is 4.50. The molecule has 6 heteroatoms. The number of methoxy groups -OCH3 is 2. The Morgan fingerprint density at radius 2 is 1.57 bits per heavy atom. The molecule has 2 N–H and O–H groups in total. The molecule has 1 amide bonds. The molecule has 1 fully saturated rings. The normalized spacial score (nSPS) is 14.9. The van der Waals surface area contributed by atoms with E-state index in [4.69, 9.17) is 9.47 Å². The van der Waals surface area contributed by atoms with Gasteiger partial charge >= 0.3 is 0 Å². The standard InChI is InChI=1S/C29H35N3O3/c1-21(23-7-5-4-6-8-23)31-29(33)24-9-11-26(12-10-24)32-15-13-25(14-16-32)30-20-22-17-27(34-2)19-28(18-22)35-3/h4-12,17-19,21,25,30H,13-16,20H2,1-3H3,(H,31,33). The van der Waals surface area contributed by atoms with Gasteiger partial charge in [0.05, 0.1) is 20.3 Å². The van der Waals surface area contributed by atoms with E-state index in [0.29, 0.717) is 11.6 Å². The lowest BCUT2D eigenvalue weighted by atomic mass is 10.0. The number of nitrogens with one attached hydrogen (secondary N) is 2. The summed E-state index contributed by atoms with van der Waals surface area (Å²) in [6.45, 7) is 4.75. The minimum atomic E-state index is -0.0509. The van der Waals surface area contributed by atoms with Crippen molar-refractivity contribution in [3.8, 4) is 11.5 Å². The summed E-state index contributed by atoms with van der Waals surface area (Å²) in [6.07, 6.45) is 2.13. The van der Waals surface area contributed by atoms with Crippen LogP contribution in [-0.4, -0.2) is 39.3 Å². The molecule has 3 aromatic carbocycles. The van der Waals surface area contributed by atoms with Gasteiger partial charge in [-0.1, -0.05) is 30.3 Å². The molecule has 1 aliphatic rings. The molecule has 0 spiro atoms.